The number of aromatic amines is 1. The normalized spacial score (nSPS) is 14.2. The number of amides is 1. The lowest BCUT2D eigenvalue weighted by Crippen LogP contribution is -2.33. The van der Waals surface area contributed by atoms with Crippen LogP contribution in [0.2, 0.25) is 0 Å². The summed E-state index contributed by atoms with van der Waals surface area (Å²) in [7, 11) is 0. The van der Waals surface area contributed by atoms with Gasteiger partial charge in [-0.3, -0.25) is 20.0 Å². The van der Waals surface area contributed by atoms with Gasteiger partial charge in [0, 0.05) is 6.07 Å². The Balaban J connectivity index is 2.55. The van der Waals surface area contributed by atoms with E-state index in [1.807, 2.05) is 0 Å². The molecule has 1 aromatic heterocycles. The van der Waals surface area contributed by atoms with Gasteiger partial charge in [0.15, 0.2) is 6.10 Å². The zero-order valence-electron chi connectivity index (χ0n) is 9.48. The van der Waals surface area contributed by atoms with Crippen LogP contribution in [0, 0.1) is 10.1 Å². The van der Waals surface area contributed by atoms with Crippen molar-refractivity contribution in [1.29, 1.82) is 0 Å². The number of nitrogens with zero attached hydrogens (tertiary/aromatic N) is 2. The number of H-pyrrole nitrogens is 1. The van der Waals surface area contributed by atoms with Gasteiger partial charge in [-0.05, 0) is 11.6 Å². The number of aliphatic hydroxyl groups excluding tert-OH is 2. The largest absolute Gasteiger partial charge is 0.385 e. The second-order valence-electron chi connectivity index (χ2n) is 3.92. The van der Waals surface area contributed by atoms with Crippen molar-refractivity contribution in [3.05, 3.63) is 34.0 Å². The molecule has 9 nitrogen and oxygen atoms in total. The molecule has 1 heterocycles. The maximum atomic E-state index is 10.9. The predicted molar refractivity (Wildman–Crippen MR) is 62.9 cm³/mol. The standard InChI is InChI=1S/C10H10N4O5/c11-10(17)9(16)8(15)4-1-6-5(3-12-13-6)7(2-4)14(18)19/h1-3,8-9,15-16H,(H2,11,17)(H,12,13). The van der Waals surface area contributed by atoms with E-state index in [0.717, 1.165) is 6.07 Å². The van der Waals surface area contributed by atoms with Gasteiger partial charge < -0.3 is 15.9 Å². The number of rotatable bonds is 4. The van der Waals surface area contributed by atoms with Crippen LogP contribution >= 0.6 is 0 Å². The number of nitrogens with two attached hydrogens (primary N) is 1. The van der Waals surface area contributed by atoms with Gasteiger partial charge in [-0.15, -0.1) is 0 Å². The summed E-state index contributed by atoms with van der Waals surface area (Å²) in [6, 6.07) is 2.42. The predicted octanol–water partition coefficient (Wildman–Crippen LogP) is -0.649. The summed E-state index contributed by atoms with van der Waals surface area (Å²) in [5, 5.41) is 36.5. The number of non-ortho nitro benzene ring substituents is 1. The van der Waals surface area contributed by atoms with Gasteiger partial charge in [0.1, 0.15) is 6.10 Å². The maximum Gasteiger partial charge on any atom is 0.280 e. The number of carbonyl (C=O) groups is 1. The Bertz CT molecular complexity index is 652. The van der Waals surface area contributed by atoms with Crippen LogP contribution in [-0.2, 0) is 4.79 Å². The summed E-state index contributed by atoms with van der Waals surface area (Å²) >= 11 is 0. The van der Waals surface area contributed by atoms with Crippen molar-refractivity contribution in [2.24, 2.45) is 5.73 Å². The molecule has 1 aromatic carbocycles. The quantitative estimate of drug-likeness (QED) is 0.425. The maximum absolute atomic E-state index is 10.9. The first-order chi connectivity index (χ1) is 8.91. The number of nitro benzene ring substituents is 1. The average Bonchev–Trinajstić information content (AvgIpc) is 2.83. The van der Waals surface area contributed by atoms with Gasteiger partial charge in [0.2, 0.25) is 5.91 Å². The van der Waals surface area contributed by atoms with Gasteiger partial charge in [-0.2, -0.15) is 5.10 Å². The Morgan fingerprint density at radius 2 is 2.16 bits per heavy atom. The summed E-state index contributed by atoms with van der Waals surface area (Å²) in [6.07, 6.45) is -2.22. The Labute approximate surface area is 105 Å². The lowest BCUT2D eigenvalue weighted by atomic mass is 10.0. The van der Waals surface area contributed by atoms with Crippen LogP contribution in [0.5, 0.6) is 0 Å². The van der Waals surface area contributed by atoms with Crippen LogP contribution in [0.1, 0.15) is 11.7 Å². The third-order valence-corrected chi connectivity index (χ3v) is 2.69. The number of carbonyl (C=O) groups excluding carboxylic acids is 1. The van der Waals surface area contributed by atoms with Crippen LogP contribution < -0.4 is 5.73 Å². The smallest absolute Gasteiger partial charge is 0.280 e. The van der Waals surface area contributed by atoms with Crippen molar-refractivity contribution in [2.75, 3.05) is 0 Å². The Morgan fingerprint density at radius 1 is 1.47 bits per heavy atom. The fraction of sp³-hybridized carbons (Fsp3) is 0.200. The first kappa shape index (κ1) is 12.9. The average molecular weight is 266 g/mol. The Hall–Kier alpha value is -2.52. The number of hydrogen-bond acceptors (Lipinski definition) is 6. The van der Waals surface area contributed by atoms with Crippen molar-refractivity contribution < 1.29 is 19.9 Å². The van der Waals surface area contributed by atoms with Crippen molar-refractivity contribution in [1.82, 2.24) is 10.2 Å². The molecule has 0 aliphatic heterocycles. The molecule has 2 aromatic rings. The number of fused-ring (bicyclic) bond motifs is 1. The number of aromatic nitrogens is 2. The lowest BCUT2D eigenvalue weighted by Gasteiger charge is -2.15. The minimum atomic E-state index is -1.85. The van der Waals surface area contributed by atoms with E-state index in [2.05, 4.69) is 10.2 Å². The van der Waals surface area contributed by atoms with E-state index in [1.165, 1.54) is 12.3 Å². The van der Waals surface area contributed by atoms with Crippen LogP contribution in [0.4, 0.5) is 5.69 Å². The molecular formula is C10H10N4O5. The van der Waals surface area contributed by atoms with E-state index >= 15 is 0 Å². The molecule has 100 valence electrons. The molecule has 0 saturated carbocycles. The van der Waals surface area contributed by atoms with Crippen LogP contribution in [0.3, 0.4) is 0 Å². The molecule has 2 unspecified atom stereocenters. The number of primary amides is 1. The minimum Gasteiger partial charge on any atom is -0.385 e. The van der Waals surface area contributed by atoms with Crippen LogP contribution in [-0.4, -0.2) is 37.3 Å². The number of nitro groups is 1. The van der Waals surface area contributed by atoms with Gasteiger partial charge in [-0.25, -0.2) is 0 Å². The molecule has 5 N–H and O–H groups in total. The molecule has 1 amide bonds. The number of hydrogen-bond donors (Lipinski definition) is 4. The zero-order valence-corrected chi connectivity index (χ0v) is 9.48. The second-order valence-corrected chi connectivity index (χ2v) is 3.92. The lowest BCUT2D eigenvalue weighted by molar-refractivity contribution is -0.383. The molecule has 0 fully saturated rings. The summed E-state index contributed by atoms with van der Waals surface area (Å²) < 4.78 is 0. The topological polar surface area (TPSA) is 155 Å². The number of benzene rings is 1. The molecule has 0 aliphatic rings. The van der Waals surface area contributed by atoms with Crippen LogP contribution in [0.15, 0.2) is 18.3 Å². The fourth-order valence-electron chi connectivity index (χ4n) is 1.71. The zero-order chi connectivity index (χ0) is 14.2. The first-order valence-electron chi connectivity index (χ1n) is 5.18. The molecule has 0 bridgehead atoms. The molecule has 0 radical (unpaired) electrons. The monoisotopic (exact) mass is 266 g/mol. The van der Waals surface area contributed by atoms with Crippen molar-refractivity contribution >= 4 is 22.5 Å². The molecule has 0 saturated heterocycles. The summed E-state index contributed by atoms with van der Waals surface area (Å²) in [5.74, 6) is -1.13. The first-order valence-corrected chi connectivity index (χ1v) is 5.18. The van der Waals surface area contributed by atoms with E-state index in [-0.39, 0.29) is 16.6 Å². The van der Waals surface area contributed by atoms with Crippen molar-refractivity contribution in [3.63, 3.8) is 0 Å². The summed E-state index contributed by atoms with van der Waals surface area (Å²) in [5.41, 5.74) is 4.87. The highest BCUT2D eigenvalue weighted by molar-refractivity contribution is 5.88. The summed E-state index contributed by atoms with van der Waals surface area (Å²) in [6.45, 7) is 0. The van der Waals surface area contributed by atoms with E-state index in [0.29, 0.717) is 5.52 Å². The van der Waals surface area contributed by atoms with Crippen molar-refractivity contribution in [3.8, 4) is 0 Å². The van der Waals surface area contributed by atoms with Crippen molar-refractivity contribution in [2.45, 2.75) is 12.2 Å². The number of nitrogens with one attached hydrogen (secondary N) is 1. The Morgan fingerprint density at radius 3 is 2.74 bits per heavy atom. The molecule has 19 heavy (non-hydrogen) atoms. The third kappa shape index (κ3) is 2.23. The van der Waals surface area contributed by atoms with Crippen LogP contribution in [0.25, 0.3) is 10.9 Å². The molecule has 2 atom stereocenters. The summed E-state index contributed by atoms with van der Waals surface area (Å²) in [4.78, 5) is 21.1. The molecular weight excluding hydrogens is 256 g/mol. The van der Waals surface area contributed by atoms with Gasteiger partial charge >= 0.3 is 0 Å². The number of aliphatic hydroxyl groups is 2. The van der Waals surface area contributed by atoms with Gasteiger partial charge in [0.05, 0.1) is 22.0 Å². The van der Waals surface area contributed by atoms with E-state index in [4.69, 9.17) is 5.73 Å². The highest BCUT2D eigenvalue weighted by Gasteiger charge is 2.26. The third-order valence-electron chi connectivity index (χ3n) is 2.69. The molecule has 2 rings (SSSR count). The van der Waals surface area contributed by atoms with Gasteiger partial charge in [-0.1, -0.05) is 0 Å². The minimum absolute atomic E-state index is 0.00486. The van der Waals surface area contributed by atoms with Gasteiger partial charge in [0.25, 0.3) is 5.69 Å². The molecule has 9 heteroatoms. The van der Waals surface area contributed by atoms with E-state index in [9.17, 15) is 25.1 Å². The highest BCUT2D eigenvalue weighted by atomic mass is 16.6. The van der Waals surface area contributed by atoms with E-state index in [1.54, 1.807) is 0 Å². The Kier molecular flexibility index (Phi) is 3.15. The second kappa shape index (κ2) is 4.63. The SMILES string of the molecule is NC(=O)C(O)C(O)c1cc([N+](=O)[O-])c2cn[nH]c2c1. The highest BCUT2D eigenvalue weighted by Crippen LogP contribution is 2.29. The molecule has 0 aliphatic carbocycles. The van der Waals surface area contributed by atoms with E-state index < -0.39 is 23.0 Å². The fourth-order valence-corrected chi connectivity index (χ4v) is 1.71. The molecule has 0 spiro atoms.